The Bertz CT molecular complexity index is 1130. The van der Waals surface area contributed by atoms with Crippen LogP contribution in [-0.4, -0.2) is 41.0 Å². The zero-order valence-electron chi connectivity index (χ0n) is 25.9. The molecule has 0 aliphatic heterocycles. The van der Waals surface area contributed by atoms with Crippen LogP contribution < -0.4 is 5.32 Å². The topological polar surface area (TPSA) is 86.7 Å². The Hall–Kier alpha value is -1.69. The van der Waals surface area contributed by atoms with E-state index in [0.717, 1.165) is 56.4 Å². The number of hydroxylamine groups is 2. The van der Waals surface area contributed by atoms with Crippen molar-refractivity contribution in [3.63, 3.8) is 0 Å². The fourth-order valence-corrected chi connectivity index (χ4v) is 11.3. The first-order valence-electron chi connectivity index (χ1n) is 15.4. The first-order chi connectivity index (χ1) is 17.9. The van der Waals surface area contributed by atoms with Gasteiger partial charge in [0.25, 0.3) is 5.91 Å². The van der Waals surface area contributed by atoms with E-state index < -0.39 is 5.41 Å². The van der Waals surface area contributed by atoms with Crippen LogP contribution in [0.2, 0.25) is 0 Å². The van der Waals surface area contributed by atoms with Crippen LogP contribution in [0, 0.1) is 50.2 Å². The van der Waals surface area contributed by atoms with Crippen molar-refractivity contribution in [3.05, 3.63) is 11.6 Å². The van der Waals surface area contributed by atoms with Crippen LogP contribution in [0.15, 0.2) is 11.6 Å². The monoisotopic (exact) mass is 540 g/mol. The summed E-state index contributed by atoms with van der Waals surface area (Å²) in [5.41, 5.74) is 0.278. The Morgan fingerprint density at radius 1 is 0.949 bits per heavy atom. The average Bonchev–Trinajstić information content (AvgIpc) is 2.82. The summed E-state index contributed by atoms with van der Waals surface area (Å²) in [4.78, 5) is 39.6. The highest BCUT2D eigenvalue weighted by Crippen LogP contribution is 2.75. The second-order valence-corrected chi connectivity index (χ2v) is 16.2. The fraction of sp³-hybridized carbons (Fsp3) is 0.848. The highest BCUT2D eigenvalue weighted by Gasteiger charge is 2.70. The number of carbonyl (C=O) groups excluding carboxylic acids is 3. The third-order valence-electron chi connectivity index (χ3n) is 13.8. The Labute approximate surface area is 235 Å². The molecule has 39 heavy (non-hydrogen) atoms. The number of allylic oxidation sites excluding steroid dienone is 2. The lowest BCUT2D eigenvalue weighted by molar-refractivity contribution is -0.191. The molecule has 218 valence electrons. The van der Waals surface area contributed by atoms with Gasteiger partial charge in [-0.3, -0.25) is 19.6 Å². The molecule has 2 amide bonds. The molecule has 0 spiro atoms. The molecule has 9 atom stereocenters. The maximum Gasteiger partial charge on any atom is 0.251 e. The van der Waals surface area contributed by atoms with Gasteiger partial charge < -0.3 is 5.32 Å². The second-order valence-electron chi connectivity index (χ2n) is 16.2. The Balaban J connectivity index is 1.57. The molecule has 5 aliphatic carbocycles. The van der Waals surface area contributed by atoms with Gasteiger partial charge in [-0.15, -0.1) is 0 Å². The molecule has 0 bridgehead atoms. The lowest BCUT2D eigenvalue weighted by atomic mass is 9.33. The van der Waals surface area contributed by atoms with E-state index in [2.05, 4.69) is 46.9 Å². The number of nitrogens with one attached hydrogen (secondary N) is 1. The normalized spacial score (nSPS) is 48.5. The van der Waals surface area contributed by atoms with Gasteiger partial charge in [-0.05, 0) is 103 Å². The highest BCUT2D eigenvalue weighted by molar-refractivity contribution is 5.95. The second kappa shape index (κ2) is 8.66. The first-order valence-corrected chi connectivity index (χ1v) is 15.4. The molecule has 4 fully saturated rings. The molecule has 6 nitrogen and oxygen atoms in total. The minimum absolute atomic E-state index is 0.0294. The first kappa shape index (κ1) is 28.8. The average molecular weight is 541 g/mol. The van der Waals surface area contributed by atoms with Crippen LogP contribution in [0.4, 0.5) is 0 Å². The number of hydrogen-bond acceptors (Lipinski definition) is 4. The smallest absolute Gasteiger partial charge is 0.251 e. The molecule has 6 heteroatoms. The van der Waals surface area contributed by atoms with E-state index in [1.54, 1.807) is 6.92 Å². The number of amides is 2. The maximum atomic E-state index is 14.5. The number of nitrogens with zero attached hydrogens (tertiary/aromatic N) is 1. The van der Waals surface area contributed by atoms with Crippen LogP contribution in [-0.2, 0) is 14.4 Å². The zero-order chi connectivity index (χ0) is 29.0. The number of carbonyl (C=O) groups is 3. The van der Waals surface area contributed by atoms with Crippen molar-refractivity contribution in [2.24, 2.45) is 50.2 Å². The lowest BCUT2D eigenvalue weighted by Crippen LogP contribution is -2.67. The molecule has 0 saturated heterocycles. The summed E-state index contributed by atoms with van der Waals surface area (Å²) in [6.45, 7) is 17.8. The number of hydrogen-bond donors (Lipinski definition) is 2. The molecule has 0 aromatic heterocycles. The van der Waals surface area contributed by atoms with Crippen molar-refractivity contribution in [2.75, 3.05) is 7.05 Å². The molecule has 5 aliphatic rings. The van der Waals surface area contributed by atoms with Gasteiger partial charge in [0.1, 0.15) is 0 Å². The van der Waals surface area contributed by atoms with E-state index >= 15 is 0 Å². The van der Waals surface area contributed by atoms with Gasteiger partial charge in [-0.2, -0.15) is 0 Å². The standard InChI is InChI=1S/C33H52N2O4/c1-20(36)34-25-11-12-31(6)24(28(25,2)3)10-13-33(8)26(31)23(37)18-21-22-19-30(5,27(38)35(9)39)15-14-29(22,4)16-17-32(21,33)7/h18,22,24-26,39H,10-17,19H2,1-9H3,(H,34,36)/t22-,24?,25-,26+,29+,30-,31-,32+,33+/m0/s1. The summed E-state index contributed by atoms with van der Waals surface area (Å²) >= 11 is 0. The Morgan fingerprint density at radius 3 is 2.21 bits per heavy atom. The SMILES string of the molecule is CC(=O)N[C@H]1CC[C@@]2(C)C(CC[C@]3(C)[C@@H]2C(=O)C=C2[C@@H]4C[C@@](C)(C(=O)N(C)O)CC[C@]4(C)CC[C@]23C)C1(C)C. The zero-order valence-corrected chi connectivity index (χ0v) is 25.9. The molecule has 1 unspecified atom stereocenters. The van der Waals surface area contributed by atoms with E-state index in [9.17, 15) is 19.6 Å². The molecule has 5 rings (SSSR count). The van der Waals surface area contributed by atoms with Crippen LogP contribution in [0.3, 0.4) is 0 Å². The van der Waals surface area contributed by atoms with Gasteiger partial charge in [0, 0.05) is 31.3 Å². The molecule has 0 aromatic rings. The van der Waals surface area contributed by atoms with Crippen molar-refractivity contribution in [3.8, 4) is 0 Å². The molecule has 4 saturated carbocycles. The largest absolute Gasteiger partial charge is 0.353 e. The fourth-order valence-electron chi connectivity index (χ4n) is 11.3. The van der Waals surface area contributed by atoms with E-state index in [4.69, 9.17) is 0 Å². The van der Waals surface area contributed by atoms with Crippen molar-refractivity contribution in [1.29, 1.82) is 0 Å². The number of ketones is 1. The molecule has 0 radical (unpaired) electrons. The summed E-state index contributed by atoms with van der Waals surface area (Å²) in [5, 5.41) is 14.1. The van der Waals surface area contributed by atoms with Crippen molar-refractivity contribution >= 4 is 17.6 Å². The van der Waals surface area contributed by atoms with Gasteiger partial charge in [0.05, 0.1) is 0 Å². The predicted octanol–water partition coefficient (Wildman–Crippen LogP) is 6.32. The highest BCUT2D eigenvalue weighted by atomic mass is 16.5. The summed E-state index contributed by atoms with van der Waals surface area (Å²) in [6, 6.07) is 0.135. The van der Waals surface area contributed by atoms with Gasteiger partial charge in [-0.1, -0.05) is 54.0 Å². The minimum atomic E-state index is -0.622. The van der Waals surface area contributed by atoms with Crippen LogP contribution in [0.25, 0.3) is 0 Å². The third-order valence-corrected chi connectivity index (χ3v) is 13.8. The molecular weight excluding hydrogens is 488 g/mol. The summed E-state index contributed by atoms with van der Waals surface area (Å²) in [6.07, 6.45) is 10.6. The van der Waals surface area contributed by atoms with Gasteiger partial charge in [-0.25, -0.2) is 5.06 Å². The van der Waals surface area contributed by atoms with Crippen molar-refractivity contribution in [1.82, 2.24) is 10.4 Å². The van der Waals surface area contributed by atoms with Gasteiger partial charge in [0.15, 0.2) is 5.78 Å². The molecule has 0 heterocycles. The van der Waals surface area contributed by atoms with Crippen molar-refractivity contribution < 1.29 is 19.6 Å². The summed E-state index contributed by atoms with van der Waals surface area (Å²) in [5.74, 6) is 0.586. The van der Waals surface area contributed by atoms with E-state index in [1.807, 2.05) is 13.0 Å². The number of fused-ring (bicyclic) bond motifs is 7. The van der Waals surface area contributed by atoms with Crippen LogP contribution in [0.1, 0.15) is 113 Å². The number of rotatable bonds is 2. The van der Waals surface area contributed by atoms with Gasteiger partial charge >= 0.3 is 0 Å². The van der Waals surface area contributed by atoms with Crippen LogP contribution in [0.5, 0.6) is 0 Å². The minimum Gasteiger partial charge on any atom is -0.353 e. The molecule has 0 aromatic carbocycles. The van der Waals surface area contributed by atoms with E-state index in [-0.39, 0.29) is 62.6 Å². The van der Waals surface area contributed by atoms with Crippen LogP contribution >= 0.6 is 0 Å². The molecule has 2 N–H and O–H groups in total. The summed E-state index contributed by atoms with van der Waals surface area (Å²) in [7, 11) is 1.43. The Kier molecular flexibility index (Phi) is 6.40. The third kappa shape index (κ3) is 3.78. The summed E-state index contributed by atoms with van der Waals surface area (Å²) < 4.78 is 0. The molecular formula is C33H52N2O4. The van der Waals surface area contributed by atoms with E-state index in [1.165, 1.54) is 12.6 Å². The van der Waals surface area contributed by atoms with E-state index in [0.29, 0.717) is 12.3 Å². The predicted molar refractivity (Wildman–Crippen MR) is 152 cm³/mol. The lowest BCUT2D eigenvalue weighted by Gasteiger charge is -2.70. The maximum absolute atomic E-state index is 14.5. The van der Waals surface area contributed by atoms with Gasteiger partial charge in [0.2, 0.25) is 5.91 Å². The van der Waals surface area contributed by atoms with Crippen molar-refractivity contribution in [2.45, 2.75) is 119 Å². The quantitative estimate of drug-likeness (QED) is 0.317. The Morgan fingerprint density at radius 2 is 1.59 bits per heavy atom.